The summed E-state index contributed by atoms with van der Waals surface area (Å²) in [5.74, 6) is -1.00. The van der Waals surface area contributed by atoms with Crippen LogP contribution in [-0.4, -0.2) is 74.6 Å². The number of hydrogen-bond acceptors (Lipinski definition) is 7. The van der Waals surface area contributed by atoms with Crippen LogP contribution in [0.1, 0.15) is 13.8 Å². The number of quaternary nitrogens is 2. The van der Waals surface area contributed by atoms with E-state index in [1.165, 1.54) is 0 Å². The normalized spacial score (nSPS) is 11.5. The predicted molar refractivity (Wildman–Crippen MR) is 75.9 cm³/mol. The molecule has 136 valence electrons. The Bertz CT molecular complexity index is 252. The molecule has 0 aromatic carbocycles. The van der Waals surface area contributed by atoms with Gasteiger partial charge in [-0.15, -0.1) is 0 Å². The third-order valence-electron chi connectivity index (χ3n) is 3.37. The lowest BCUT2D eigenvalue weighted by molar-refractivity contribution is -0.971. The lowest BCUT2D eigenvalue weighted by Gasteiger charge is -2.28. The van der Waals surface area contributed by atoms with Gasteiger partial charge in [-0.05, 0) is 6.16 Å². The molecule has 0 unspecified atom stereocenters. The topological polar surface area (TPSA) is 109 Å². The Hall–Kier alpha value is -0.970. The Kier molecular flexibility index (Phi) is 14.8. The number of carboxylic acid groups (broad SMARTS) is 2. The standard InChI is InChI=1S/2C6H15NO2.CH2O3/c2*1-6(8-4,9-5)7(2)3;2-1(3)4/h2*1-5H3;(H2,2,3,4). The van der Waals surface area contributed by atoms with Crippen molar-refractivity contribution in [2.75, 3.05) is 56.6 Å². The Morgan fingerprint density at radius 1 is 0.727 bits per heavy atom. The summed E-state index contributed by atoms with van der Waals surface area (Å²) in [5, 5.41) is 16.7. The number of rotatable bonds is 6. The molecule has 0 aliphatic carbocycles. The number of hydrogen-bond donors (Lipinski definition) is 2. The predicted octanol–water partition coefficient (Wildman–Crippen LogP) is -4.25. The van der Waals surface area contributed by atoms with Crippen LogP contribution in [-0.2, 0) is 18.9 Å². The molecule has 9 nitrogen and oxygen atoms in total. The maximum absolute atomic E-state index is 8.33. The van der Waals surface area contributed by atoms with Crippen molar-refractivity contribution in [3.05, 3.63) is 0 Å². The second-order valence-electron chi connectivity index (χ2n) is 4.96. The van der Waals surface area contributed by atoms with Crippen molar-refractivity contribution in [2.45, 2.75) is 25.7 Å². The van der Waals surface area contributed by atoms with Gasteiger partial charge in [0.2, 0.25) is 0 Å². The summed E-state index contributed by atoms with van der Waals surface area (Å²) in [4.78, 5) is 10.6. The molecule has 0 saturated heterocycles. The molecule has 22 heavy (non-hydrogen) atoms. The Balaban J connectivity index is -0.000000266. The second-order valence-corrected chi connectivity index (χ2v) is 4.96. The molecule has 0 aliphatic heterocycles. The van der Waals surface area contributed by atoms with E-state index in [1.807, 2.05) is 42.0 Å². The molecule has 0 rings (SSSR count). The van der Waals surface area contributed by atoms with Crippen LogP contribution in [0.5, 0.6) is 0 Å². The van der Waals surface area contributed by atoms with Crippen LogP contribution < -0.4 is 20.0 Å². The van der Waals surface area contributed by atoms with E-state index in [2.05, 4.69) is 0 Å². The molecule has 0 amide bonds. The van der Waals surface area contributed by atoms with Gasteiger partial charge >= 0.3 is 11.8 Å². The van der Waals surface area contributed by atoms with Crippen LogP contribution in [0, 0.1) is 0 Å². The van der Waals surface area contributed by atoms with Crippen molar-refractivity contribution in [1.29, 1.82) is 0 Å². The highest BCUT2D eigenvalue weighted by Crippen LogP contribution is 1.97. The Morgan fingerprint density at radius 3 is 0.864 bits per heavy atom. The van der Waals surface area contributed by atoms with Crippen molar-refractivity contribution in [1.82, 2.24) is 0 Å². The SMILES string of the molecule is COC(C)(OC)[NH+](C)C.COC(C)(OC)[NH+](C)C.O=C([O-])[O-]. The number of nitrogens with one attached hydrogen (secondary N) is 2. The van der Waals surface area contributed by atoms with E-state index in [-0.39, 0.29) is 0 Å². The minimum absolute atomic E-state index is 0.500. The van der Waals surface area contributed by atoms with E-state index >= 15 is 0 Å². The number of ether oxygens (including phenoxy) is 4. The van der Waals surface area contributed by atoms with Gasteiger partial charge in [-0.3, -0.25) is 9.80 Å². The molecule has 0 aliphatic rings. The van der Waals surface area contributed by atoms with Gasteiger partial charge in [0, 0.05) is 42.3 Å². The first kappa shape index (κ1) is 26.0. The lowest BCUT2D eigenvalue weighted by atomic mass is 10.5. The summed E-state index contributed by atoms with van der Waals surface area (Å²) in [7, 11) is 14.5. The van der Waals surface area contributed by atoms with E-state index < -0.39 is 18.0 Å². The van der Waals surface area contributed by atoms with Crippen molar-refractivity contribution in [3.63, 3.8) is 0 Å². The van der Waals surface area contributed by atoms with Gasteiger partial charge in [-0.25, -0.2) is 0 Å². The zero-order valence-electron chi connectivity index (χ0n) is 15.4. The van der Waals surface area contributed by atoms with Crippen LogP contribution in [0.15, 0.2) is 0 Å². The lowest BCUT2D eigenvalue weighted by Crippen LogP contribution is -3.15. The van der Waals surface area contributed by atoms with Crippen molar-refractivity contribution in [3.8, 4) is 0 Å². The van der Waals surface area contributed by atoms with E-state index in [0.29, 0.717) is 0 Å². The highest BCUT2D eigenvalue weighted by Gasteiger charge is 2.30. The van der Waals surface area contributed by atoms with E-state index in [0.717, 1.165) is 9.80 Å². The third kappa shape index (κ3) is 11.7. The average Bonchev–Trinajstić information content (AvgIpc) is 2.45. The summed E-state index contributed by atoms with van der Waals surface area (Å²) >= 11 is 0. The smallest absolute Gasteiger partial charge is 0.313 e. The molecule has 0 radical (unpaired) electrons. The Labute approximate surface area is 133 Å². The monoisotopic (exact) mass is 328 g/mol. The molecule has 0 heterocycles. The highest BCUT2D eigenvalue weighted by molar-refractivity contribution is 5.47. The first-order chi connectivity index (χ1) is 9.86. The molecule has 0 fully saturated rings. The maximum Gasteiger partial charge on any atom is 0.313 e. The quantitative estimate of drug-likeness (QED) is 0.475. The summed E-state index contributed by atoms with van der Waals surface area (Å²) in [5.41, 5.74) is 0. The third-order valence-corrected chi connectivity index (χ3v) is 3.37. The summed E-state index contributed by atoms with van der Waals surface area (Å²) in [6.45, 7) is 3.78. The van der Waals surface area contributed by atoms with Crippen LogP contribution in [0.4, 0.5) is 4.79 Å². The van der Waals surface area contributed by atoms with Gasteiger partial charge in [0.15, 0.2) is 0 Å². The van der Waals surface area contributed by atoms with E-state index in [1.54, 1.807) is 28.4 Å². The summed E-state index contributed by atoms with van der Waals surface area (Å²) in [6, 6.07) is 0. The molecule has 2 N–H and O–H groups in total. The highest BCUT2D eigenvalue weighted by atomic mass is 16.7. The number of carbonyl (C=O) groups is 1. The fraction of sp³-hybridized carbons (Fsp3) is 0.923. The van der Waals surface area contributed by atoms with Crippen molar-refractivity contribution >= 4 is 6.16 Å². The fourth-order valence-corrected chi connectivity index (χ4v) is 0.983. The largest absolute Gasteiger partial charge is 0.652 e. The van der Waals surface area contributed by atoms with Crippen LogP contribution in [0.25, 0.3) is 0 Å². The molecule has 0 aromatic rings. The van der Waals surface area contributed by atoms with Gasteiger partial charge < -0.3 is 34.0 Å². The minimum Gasteiger partial charge on any atom is -0.652 e. The van der Waals surface area contributed by atoms with E-state index in [4.69, 9.17) is 34.0 Å². The van der Waals surface area contributed by atoms with Crippen LogP contribution >= 0.6 is 0 Å². The summed E-state index contributed by atoms with van der Waals surface area (Å²) < 4.78 is 20.4. The first-order valence-electron chi connectivity index (χ1n) is 6.56. The van der Waals surface area contributed by atoms with Crippen molar-refractivity contribution in [2.24, 2.45) is 0 Å². The maximum atomic E-state index is 8.33. The van der Waals surface area contributed by atoms with Gasteiger partial charge in [-0.2, -0.15) is 0 Å². The van der Waals surface area contributed by atoms with E-state index in [9.17, 15) is 0 Å². The summed E-state index contributed by atoms with van der Waals surface area (Å²) in [6.07, 6.45) is -2.33. The molecular weight excluding hydrogens is 296 g/mol. The fourth-order valence-electron chi connectivity index (χ4n) is 0.983. The molecule has 0 aromatic heterocycles. The average molecular weight is 328 g/mol. The van der Waals surface area contributed by atoms with Gasteiger partial charge in [-0.1, -0.05) is 0 Å². The number of carbonyl (C=O) groups excluding carboxylic acids is 1. The molecule has 9 heteroatoms. The molecular formula is C13H32N2O7. The van der Waals surface area contributed by atoms with Gasteiger partial charge in [0.05, 0.1) is 28.2 Å². The first-order valence-corrected chi connectivity index (χ1v) is 6.56. The van der Waals surface area contributed by atoms with Crippen LogP contribution in [0.3, 0.4) is 0 Å². The molecule has 0 atom stereocenters. The zero-order valence-corrected chi connectivity index (χ0v) is 15.4. The van der Waals surface area contributed by atoms with Gasteiger partial charge in [0.1, 0.15) is 0 Å². The van der Waals surface area contributed by atoms with Gasteiger partial charge in [0.25, 0.3) is 0 Å². The minimum atomic E-state index is -2.33. The molecule has 0 bridgehead atoms. The van der Waals surface area contributed by atoms with Crippen LogP contribution in [0.2, 0.25) is 0 Å². The zero-order chi connectivity index (χ0) is 18.6. The molecule has 0 saturated carbocycles. The molecule has 0 spiro atoms. The number of methoxy groups -OCH3 is 4. The van der Waals surface area contributed by atoms with Crippen molar-refractivity contribution < 1.29 is 43.8 Å². The Morgan fingerprint density at radius 2 is 0.864 bits per heavy atom. The second kappa shape index (κ2) is 12.6.